The van der Waals surface area contributed by atoms with Gasteiger partial charge < -0.3 is 18.9 Å². The largest absolute Gasteiger partial charge is 0.353 e. The van der Waals surface area contributed by atoms with Gasteiger partial charge >= 0.3 is 0 Å². The molecule has 0 spiro atoms. The summed E-state index contributed by atoms with van der Waals surface area (Å²) >= 11 is 0. The van der Waals surface area contributed by atoms with Crippen LogP contribution in [-0.4, -0.2) is 38.0 Å². The molecule has 2 heterocycles. The lowest BCUT2D eigenvalue weighted by molar-refractivity contribution is -0.215. The van der Waals surface area contributed by atoms with Crippen LogP contribution in [0.2, 0.25) is 0 Å². The number of hydrogen-bond donors (Lipinski definition) is 0. The van der Waals surface area contributed by atoms with E-state index >= 15 is 0 Å². The molecule has 0 N–H and O–H groups in total. The Hall–Kier alpha value is -0.420. The van der Waals surface area contributed by atoms with E-state index in [4.69, 9.17) is 18.9 Å². The first-order valence-electron chi connectivity index (χ1n) is 13.7. The van der Waals surface area contributed by atoms with Gasteiger partial charge in [-0.25, -0.2) is 0 Å². The minimum atomic E-state index is -0.355. The average molecular weight is 445 g/mol. The number of rotatable bonds is 3. The third kappa shape index (κ3) is 3.38. The van der Waals surface area contributed by atoms with E-state index in [1.54, 1.807) is 5.57 Å². The Labute approximate surface area is 194 Å². The van der Waals surface area contributed by atoms with Gasteiger partial charge in [-0.2, -0.15) is 0 Å². The molecule has 4 nitrogen and oxygen atoms in total. The second-order valence-electron chi connectivity index (χ2n) is 12.4. The van der Waals surface area contributed by atoms with Gasteiger partial charge in [-0.1, -0.05) is 25.5 Å². The maximum absolute atomic E-state index is 6.44. The van der Waals surface area contributed by atoms with Gasteiger partial charge in [-0.3, -0.25) is 0 Å². The minimum Gasteiger partial charge on any atom is -0.353 e. The van der Waals surface area contributed by atoms with Gasteiger partial charge in [0.05, 0.1) is 19.3 Å². The lowest BCUT2D eigenvalue weighted by Gasteiger charge is -2.59. The van der Waals surface area contributed by atoms with Crippen molar-refractivity contribution in [1.29, 1.82) is 0 Å². The number of ether oxygens (including phenoxy) is 4. The second-order valence-corrected chi connectivity index (χ2v) is 12.4. The predicted octanol–water partition coefficient (Wildman–Crippen LogP) is 6.24. The molecule has 0 radical (unpaired) electrons. The summed E-state index contributed by atoms with van der Waals surface area (Å²) in [7, 11) is 0. The number of allylic oxidation sites excluding steroid dienone is 1. The van der Waals surface area contributed by atoms with Gasteiger partial charge in [-0.05, 0) is 106 Å². The normalized spacial score (nSPS) is 50.3. The fourth-order valence-electron chi connectivity index (χ4n) is 9.37. The Balaban J connectivity index is 1.19. The smallest absolute Gasteiger partial charge is 0.169 e. The minimum absolute atomic E-state index is 0.0437. The third-order valence-electron chi connectivity index (χ3n) is 11.0. The first-order chi connectivity index (χ1) is 15.4. The predicted molar refractivity (Wildman–Crippen MR) is 124 cm³/mol. The van der Waals surface area contributed by atoms with Crippen molar-refractivity contribution < 1.29 is 18.9 Å². The van der Waals surface area contributed by atoms with Crippen molar-refractivity contribution in [3.05, 3.63) is 11.6 Å². The molecule has 6 aliphatic rings. The summed E-state index contributed by atoms with van der Waals surface area (Å²) < 4.78 is 24.7. The van der Waals surface area contributed by atoms with Crippen LogP contribution in [0.5, 0.6) is 0 Å². The molecule has 4 aliphatic carbocycles. The molecule has 0 amide bonds. The zero-order valence-electron chi connectivity index (χ0n) is 20.6. The van der Waals surface area contributed by atoms with Gasteiger partial charge in [0, 0.05) is 12.5 Å². The van der Waals surface area contributed by atoms with Crippen molar-refractivity contribution in [3.8, 4) is 0 Å². The van der Waals surface area contributed by atoms with Crippen molar-refractivity contribution in [1.82, 2.24) is 0 Å². The fourth-order valence-corrected chi connectivity index (χ4v) is 9.37. The number of fused-ring (bicyclic) bond motifs is 5. The van der Waals surface area contributed by atoms with Crippen LogP contribution < -0.4 is 0 Å². The van der Waals surface area contributed by atoms with E-state index in [2.05, 4.69) is 26.8 Å². The monoisotopic (exact) mass is 444 g/mol. The highest BCUT2D eigenvalue weighted by Crippen LogP contribution is 2.68. The van der Waals surface area contributed by atoms with Gasteiger partial charge in [0.15, 0.2) is 12.1 Å². The summed E-state index contributed by atoms with van der Waals surface area (Å²) in [4.78, 5) is 0. The van der Waals surface area contributed by atoms with E-state index in [9.17, 15) is 0 Å². The molecule has 8 unspecified atom stereocenters. The molecule has 32 heavy (non-hydrogen) atoms. The van der Waals surface area contributed by atoms with Crippen LogP contribution in [0.4, 0.5) is 0 Å². The van der Waals surface area contributed by atoms with Gasteiger partial charge in [0.2, 0.25) is 0 Å². The van der Waals surface area contributed by atoms with E-state index < -0.39 is 0 Å². The lowest BCUT2D eigenvalue weighted by atomic mass is 9.47. The summed E-state index contributed by atoms with van der Waals surface area (Å²) in [6.45, 7) is 9.80. The van der Waals surface area contributed by atoms with Crippen LogP contribution in [0.25, 0.3) is 0 Å². The Morgan fingerprint density at radius 3 is 2.50 bits per heavy atom. The molecule has 4 heteroatoms. The SMILES string of the molecule is CC1(C2CCC3C4CC=C5CC(OC6CCCCO6)CCC5(C)C4CCC32C)OCCO1. The summed E-state index contributed by atoms with van der Waals surface area (Å²) in [6.07, 6.45) is 16.8. The summed E-state index contributed by atoms with van der Waals surface area (Å²) in [5.41, 5.74) is 2.44. The molecule has 0 aromatic rings. The van der Waals surface area contributed by atoms with Gasteiger partial charge in [0.1, 0.15) is 0 Å². The Morgan fingerprint density at radius 1 is 0.875 bits per heavy atom. The number of hydrogen-bond acceptors (Lipinski definition) is 4. The highest BCUT2D eigenvalue weighted by Gasteiger charge is 2.62. The summed E-state index contributed by atoms with van der Waals surface area (Å²) in [5, 5.41) is 0. The Bertz CT molecular complexity index is 736. The van der Waals surface area contributed by atoms with Crippen molar-refractivity contribution in [2.45, 2.75) is 110 Å². The maximum Gasteiger partial charge on any atom is 0.169 e. The second kappa shape index (κ2) is 8.07. The van der Waals surface area contributed by atoms with Crippen LogP contribution in [0.1, 0.15) is 91.4 Å². The van der Waals surface area contributed by atoms with Crippen molar-refractivity contribution >= 4 is 0 Å². The molecule has 0 aromatic heterocycles. The first-order valence-corrected chi connectivity index (χ1v) is 13.7. The molecule has 2 aliphatic heterocycles. The van der Waals surface area contributed by atoms with Gasteiger partial charge in [0.25, 0.3) is 0 Å². The first kappa shape index (κ1) is 22.1. The quantitative estimate of drug-likeness (QED) is 0.483. The van der Waals surface area contributed by atoms with Crippen molar-refractivity contribution in [3.63, 3.8) is 0 Å². The lowest BCUT2D eigenvalue weighted by Crippen LogP contribution is -2.53. The topological polar surface area (TPSA) is 36.9 Å². The molecular weight excluding hydrogens is 400 g/mol. The molecule has 2 saturated heterocycles. The standard InChI is InChI=1S/C28H44O4/c1-26-13-11-20(32-25-6-4-5-15-29-25)18-19(26)7-8-21-22-9-10-24(28(3)30-16-17-31-28)27(22,2)14-12-23(21)26/h7,20-25H,4-6,8-18H2,1-3H3. The summed E-state index contributed by atoms with van der Waals surface area (Å²) in [6, 6.07) is 0. The Kier molecular flexibility index (Phi) is 5.57. The molecule has 0 aromatic carbocycles. The molecular formula is C28H44O4. The molecule has 5 fully saturated rings. The van der Waals surface area contributed by atoms with E-state index in [1.807, 2.05) is 0 Å². The van der Waals surface area contributed by atoms with Crippen LogP contribution in [0.15, 0.2) is 11.6 Å². The van der Waals surface area contributed by atoms with E-state index in [-0.39, 0.29) is 12.1 Å². The molecule has 6 rings (SSSR count). The molecule has 8 atom stereocenters. The van der Waals surface area contributed by atoms with Crippen molar-refractivity contribution in [2.75, 3.05) is 19.8 Å². The van der Waals surface area contributed by atoms with Crippen LogP contribution in [-0.2, 0) is 18.9 Å². The van der Waals surface area contributed by atoms with E-state index in [0.717, 1.165) is 50.4 Å². The third-order valence-corrected chi connectivity index (χ3v) is 11.0. The Morgan fingerprint density at radius 2 is 1.72 bits per heavy atom. The van der Waals surface area contributed by atoms with Crippen LogP contribution in [0.3, 0.4) is 0 Å². The zero-order chi connectivity index (χ0) is 22.0. The van der Waals surface area contributed by atoms with Crippen molar-refractivity contribution in [2.24, 2.45) is 34.5 Å². The molecule has 3 saturated carbocycles. The fraction of sp³-hybridized carbons (Fsp3) is 0.929. The highest BCUT2D eigenvalue weighted by molar-refractivity contribution is 5.25. The van der Waals surface area contributed by atoms with Crippen LogP contribution in [0, 0.1) is 34.5 Å². The maximum atomic E-state index is 6.44. The molecule has 180 valence electrons. The zero-order valence-corrected chi connectivity index (χ0v) is 20.6. The molecule has 0 bridgehead atoms. The van der Waals surface area contributed by atoms with E-state index in [1.165, 1.54) is 57.8 Å². The average Bonchev–Trinajstić information content (AvgIpc) is 3.38. The van der Waals surface area contributed by atoms with E-state index in [0.29, 0.717) is 22.9 Å². The van der Waals surface area contributed by atoms with Crippen LogP contribution >= 0.6 is 0 Å². The summed E-state index contributed by atoms with van der Waals surface area (Å²) in [5.74, 6) is 2.67. The highest BCUT2D eigenvalue weighted by atomic mass is 16.7. The van der Waals surface area contributed by atoms with Gasteiger partial charge in [-0.15, -0.1) is 0 Å².